The number of rotatable bonds is 4. The topological polar surface area (TPSA) is 111 Å². The van der Waals surface area contributed by atoms with E-state index in [0.29, 0.717) is 17.9 Å². The molecular weight excluding hydrogens is 521 g/mol. The summed E-state index contributed by atoms with van der Waals surface area (Å²) in [5.41, 5.74) is 6.23. The molecule has 1 aliphatic carbocycles. The van der Waals surface area contributed by atoms with Gasteiger partial charge in [-0.2, -0.15) is 12.3 Å². The number of fused-ring (bicyclic) bond motifs is 2. The first kappa shape index (κ1) is 20.0. The lowest BCUT2D eigenvalue weighted by atomic mass is 10.1. The van der Waals surface area contributed by atoms with Crippen molar-refractivity contribution in [3.63, 3.8) is 0 Å². The van der Waals surface area contributed by atoms with Crippen LogP contribution in [0.5, 0.6) is 5.75 Å². The molecule has 1 fully saturated rings. The number of carbonyl (C=O) groups is 1. The molecule has 3 N–H and O–H groups in total. The lowest BCUT2D eigenvalue weighted by Gasteiger charge is -2.47. The fourth-order valence-electron chi connectivity index (χ4n) is 4.61. The Kier molecular flexibility index (Phi) is 4.55. The van der Waals surface area contributed by atoms with Gasteiger partial charge in [0.15, 0.2) is 14.1 Å². The fraction of sp³-hybridized carbons (Fsp3) is 0.350. The molecule has 2 aliphatic heterocycles. The Labute approximate surface area is 187 Å². The number of para-hydroxylation sites is 1. The number of hydrogen-bond donors (Lipinski definition) is 2. The summed E-state index contributed by atoms with van der Waals surface area (Å²) >= 11 is 2.02. The predicted octanol–water partition coefficient (Wildman–Crippen LogP) is 0.338. The van der Waals surface area contributed by atoms with Crippen LogP contribution in [0.4, 0.5) is 5.69 Å². The van der Waals surface area contributed by atoms with Crippen LogP contribution in [-0.2, 0) is 14.8 Å². The van der Waals surface area contributed by atoms with E-state index in [2.05, 4.69) is 4.98 Å². The van der Waals surface area contributed by atoms with Gasteiger partial charge in [0, 0.05) is 11.8 Å². The molecule has 30 heavy (non-hydrogen) atoms. The molecule has 3 atom stereocenters. The van der Waals surface area contributed by atoms with Gasteiger partial charge in [0.25, 0.3) is 5.91 Å². The van der Waals surface area contributed by atoms with Crippen molar-refractivity contribution in [2.75, 3.05) is 26.3 Å². The number of halogens is 1. The van der Waals surface area contributed by atoms with Crippen molar-refractivity contribution < 1.29 is 22.7 Å². The van der Waals surface area contributed by atoms with Crippen LogP contribution >= 0.6 is 22.6 Å². The van der Waals surface area contributed by atoms with Gasteiger partial charge in [0.1, 0.15) is 31.5 Å². The molecule has 0 saturated carbocycles. The first-order valence-corrected chi connectivity index (χ1v) is 12.1. The molecule has 1 aromatic carbocycles. The second-order valence-electron chi connectivity index (χ2n) is 7.77. The highest BCUT2D eigenvalue weighted by molar-refractivity contribution is 14.1. The third kappa shape index (κ3) is 2.70. The van der Waals surface area contributed by atoms with E-state index in [1.165, 1.54) is 0 Å². The minimum atomic E-state index is -3.77. The number of amides is 1. The molecule has 0 radical (unpaired) electrons. The number of nitrogens with one attached hydrogen (secondary N) is 1. The Morgan fingerprint density at radius 2 is 2.13 bits per heavy atom. The van der Waals surface area contributed by atoms with Crippen LogP contribution in [0, 0.1) is 0 Å². The predicted molar refractivity (Wildman–Crippen MR) is 121 cm³/mol. The highest BCUT2D eigenvalue weighted by Gasteiger charge is 2.62. The molecule has 1 spiro atoms. The van der Waals surface area contributed by atoms with Gasteiger partial charge in [0.2, 0.25) is 0 Å². The maximum Gasteiger partial charge on any atom is 0.321 e. The molecule has 3 aliphatic rings. The Balaban J connectivity index is 1.61. The summed E-state index contributed by atoms with van der Waals surface area (Å²) < 4.78 is 38.2. The normalized spacial score (nSPS) is 30.9. The number of primary amides is 1. The van der Waals surface area contributed by atoms with Crippen molar-refractivity contribution in [2.45, 2.75) is 15.3 Å². The summed E-state index contributed by atoms with van der Waals surface area (Å²) in [6.07, 6.45) is 3.46. The molecule has 158 valence electrons. The van der Waals surface area contributed by atoms with Crippen molar-refractivity contribution in [3.05, 3.63) is 46.6 Å². The number of aromatic nitrogens is 1. The van der Waals surface area contributed by atoms with E-state index >= 15 is 0 Å². The molecule has 1 amide bonds. The van der Waals surface area contributed by atoms with E-state index in [9.17, 15) is 13.2 Å². The second-order valence-corrected chi connectivity index (χ2v) is 12.8. The summed E-state index contributed by atoms with van der Waals surface area (Å²) in [7, 11) is -3.77. The molecule has 1 saturated heterocycles. The average Bonchev–Trinajstić information content (AvgIpc) is 3.12. The number of nitrogens with zero attached hydrogens (tertiary/aromatic N) is 1. The number of morpholine rings is 1. The van der Waals surface area contributed by atoms with Gasteiger partial charge in [-0.05, 0) is 40.8 Å². The molecule has 3 heterocycles. The number of nitrogens with two attached hydrogens (primary N) is 1. The molecule has 2 aromatic rings. The largest absolute Gasteiger partial charge is 0.491 e. The molecular formula is C20H21IN3O5S+. The number of H-pyrrole nitrogens is 1. The Morgan fingerprint density at radius 1 is 1.37 bits per heavy atom. The maximum absolute atomic E-state index is 14.0. The lowest BCUT2D eigenvalue weighted by Crippen LogP contribution is -2.71. The van der Waals surface area contributed by atoms with E-state index in [0.717, 1.165) is 10.6 Å². The molecule has 10 heteroatoms. The van der Waals surface area contributed by atoms with E-state index in [4.69, 9.17) is 15.2 Å². The van der Waals surface area contributed by atoms with Gasteiger partial charge < -0.3 is 20.2 Å². The standard InChI is InChI=1S/C20H20IN3O5S/c21-20-7-6-16-15(10-20)18(17(23-16)19(22)25)24(30(20,26)27)8-9-28-14(11-24)12-29-13-4-2-1-3-5-13/h1-6,10,14,23H,7-9,11-12H2,(H-,22,25)/p+1. The molecule has 3 unspecified atom stereocenters. The third-order valence-electron chi connectivity index (χ3n) is 6.01. The number of quaternary nitrogens is 1. The zero-order chi connectivity index (χ0) is 21.1. The molecule has 2 bridgehead atoms. The Morgan fingerprint density at radius 3 is 2.87 bits per heavy atom. The number of benzene rings is 1. The van der Waals surface area contributed by atoms with E-state index in [1.807, 2.05) is 59.0 Å². The van der Waals surface area contributed by atoms with Crippen LogP contribution in [0.2, 0.25) is 0 Å². The third-order valence-corrected chi connectivity index (χ3v) is 11.0. The summed E-state index contributed by atoms with van der Waals surface area (Å²) in [6, 6.07) is 9.31. The minimum absolute atomic E-state index is 0.151. The maximum atomic E-state index is 14.0. The molecule has 5 rings (SSSR count). The average molecular weight is 542 g/mol. The van der Waals surface area contributed by atoms with Gasteiger partial charge in [0.05, 0.1) is 11.8 Å². The zero-order valence-electron chi connectivity index (χ0n) is 16.0. The van der Waals surface area contributed by atoms with E-state index in [-0.39, 0.29) is 35.9 Å². The lowest BCUT2D eigenvalue weighted by molar-refractivity contribution is -0.0238. The number of sulfonamides is 1. The van der Waals surface area contributed by atoms with Crippen molar-refractivity contribution in [2.24, 2.45) is 5.73 Å². The van der Waals surface area contributed by atoms with Gasteiger partial charge in [-0.25, -0.2) is 0 Å². The Bertz CT molecular complexity index is 1260. The minimum Gasteiger partial charge on any atom is -0.491 e. The second kappa shape index (κ2) is 6.81. The Hall–Kier alpha value is -1.89. The molecule has 8 nitrogen and oxygen atoms in total. The van der Waals surface area contributed by atoms with Gasteiger partial charge in [-0.15, -0.1) is 0 Å². The zero-order valence-corrected chi connectivity index (χ0v) is 19.0. The number of hydrogen-bond acceptors (Lipinski definition) is 5. The monoisotopic (exact) mass is 542 g/mol. The summed E-state index contributed by atoms with van der Waals surface area (Å²) in [6.45, 7) is 0.810. The number of alkyl halides is 1. The smallest absolute Gasteiger partial charge is 0.321 e. The first-order chi connectivity index (χ1) is 14.3. The van der Waals surface area contributed by atoms with E-state index < -0.39 is 24.8 Å². The quantitative estimate of drug-likeness (QED) is 0.329. The highest BCUT2D eigenvalue weighted by atomic mass is 127. The first-order valence-electron chi connectivity index (χ1n) is 9.63. The molecule has 1 aromatic heterocycles. The van der Waals surface area contributed by atoms with Crippen LogP contribution in [0.25, 0.3) is 12.2 Å². The number of aromatic amines is 1. The van der Waals surface area contributed by atoms with E-state index in [1.54, 1.807) is 6.08 Å². The van der Waals surface area contributed by atoms with Crippen molar-refractivity contribution >= 4 is 56.4 Å². The van der Waals surface area contributed by atoms with Crippen molar-refractivity contribution in [1.29, 1.82) is 0 Å². The summed E-state index contributed by atoms with van der Waals surface area (Å²) in [5, 5.41) is 1.51. The summed E-state index contributed by atoms with van der Waals surface area (Å²) in [4.78, 5) is 15.3. The van der Waals surface area contributed by atoms with Gasteiger partial charge in [-0.1, -0.05) is 24.3 Å². The van der Waals surface area contributed by atoms with Gasteiger partial charge >= 0.3 is 10.0 Å². The van der Waals surface area contributed by atoms with Crippen molar-refractivity contribution in [1.82, 2.24) is 8.87 Å². The van der Waals surface area contributed by atoms with Crippen LogP contribution in [0.15, 0.2) is 30.3 Å². The van der Waals surface area contributed by atoms with Crippen molar-refractivity contribution in [3.8, 4) is 5.75 Å². The van der Waals surface area contributed by atoms with Crippen LogP contribution < -0.4 is 24.9 Å². The SMILES string of the molecule is NC(=O)c1[nH]c2c3c1[N+]1(CCOC(COc4ccccc4)C1)S(=O)(=O)C(I)(C=3)CC=2. The fourth-order valence-corrected chi connectivity index (χ4v) is 8.52. The van der Waals surface area contributed by atoms with Crippen LogP contribution in [0.3, 0.4) is 0 Å². The van der Waals surface area contributed by atoms with Crippen LogP contribution in [0.1, 0.15) is 16.9 Å². The van der Waals surface area contributed by atoms with Crippen LogP contribution in [-0.4, -0.2) is 54.5 Å². The summed E-state index contributed by atoms with van der Waals surface area (Å²) in [5.74, 6) is 0.0212. The highest BCUT2D eigenvalue weighted by Crippen LogP contribution is 2.46. The number of carbonyl (C=O) groups excluding carboxylic acids is 1. The number of ether oxygens (including phenoxy) is 2. The van der Waals surface area contributed by atoms with Gasteiger partial charge in [-0.3, -0.25) is 4.79 Å².